The third-order valence-electron chi connectivity index (χ3n) is 3.03. The van der Waals surface area contributed by atoms with E-state index in [2.05, 4.69) is 19.2 Å². The number of nitrogens with one attached hydrogen (secondary N) is 1. The van der Waals surface area contributed by atoms with Gasteiger partial charge in [0.2, 0.25) is 0 Å². The van der Waals surface area contributed by atoms with E-state index in [4.69, 9.17) is 11.6 Å². The quantitative estimate of drug-likeness (QED) is 0.634. The van der Waals surface area contributed by atoms with Crippen LogP contribution in [0.5, 0.6) is 0 Å². The van der Waals surface area contributed by atoms with E-state index in [1.54, 1.807) is 0 Å². The van der Waals surface area contributed by atoms with Crippen LogP contribution >= 0.6 is 11.6 Å². The first-order valence-corrected chi connectivity index (χ1v) is 5.60. The molecule has 2 heteroatoms. The van der Waals surface area contributed by atoms with Crippen molar-refractivity contribution >= 4 is 11.6 Å². The Labute approximate surface area is 80.9 Å². The second kappa shape index (κ2) is 4.48. The van der Waals surface area contributed by atoms with Crippen LogP contribution in [0.15, 0.2) is 0 Å². The van der Waals surface area contributed by atoms with Crippen LogP contribution in [-0.2, 0) is 0 Å². The molecule has 0 saturated heterocycles. The summed E-state index contributed by atoms with van der Waals surface area (Å²) in [6.07, 6.45) is 5.11. The molecule has 0 unspecified atom stereocenters. The fraction of sp³-hybridized carbons (Fsp3) is 1.00. The van der Waals surface area contributed by atoms with Crippen LogP contribution in [0.1, 0.15) is 39.5 Å². The summed E-state index contributed by atoms with van der Waals surface area (Å²) in [5.74, 6) is 1.62. The van der Waals surface area contributed by atoms with Crippen molar-refractivity contribution in [2.75, 3.05) is 12.4 Å². The van der Waals surface area contributed by atoms with Gasteiger partial charge in [-0.2, -0.15) is 0 Å². The summed E-state index contributed by atoms with van der Waals surface area (Å²) in [6, 6.07) is 0. The Morgan fingerprint density at radius 1 is 1.33 bits per heavy atom. The predicted molar refractivity (Wildman–Crippen MR) is 54.8 cm³/mol. The number of alkyl halides is 1. The minimum Gasteiger partial charge on any atom is -0.310 e. The molecule has 0 bridgehead atoms. The van der Waals surface area contributed by atoms with Gasteiger partial charge in [-0.15, -0.1) is 11.6 Å². The first-order chi connectivity index (χ1) is 5.76. The molecule has 1 rings (SSSR count). The molecule has 0 radical (unpaired) electrons. The zero-order valence-electron chi connectivity index (χ0n) is 8.20. The van der Waals surface area contributed by atoms with Crippen molar-refractivity contribution in [3.8, 4) is 0 Å². The molecule has 1 fully saturated rings. The Bertz CT molecular complexity index is 128. The van der Waals surface area contributed by atoms with Crippen LogP contribution in [0.3, 0.4) is 0 Å². The van der Waals surface area contributed by atoms with Gasteiger partial charge < -0.3 is 5.32 Å². The van der Waals surface area contributed by atoms with Gasteiger partial charge in [0, 0.05) is 11.4 Å². The van der Waals surface area contributed by atoms with E-state index in [-0.39, 0.29) is 0 Å². The van der Waals surface area contributed by atoms with Crippen molar-refractivity contribution in [2.24, 2.45) is 5.92 Å². The number of rotatable bonds is 6. The fourth-order valence-corrected chi connectivity index (χ4v) is 1.81. The topological polar surface area (TPSA) is 12.0 Å². The molecule has 1 aliphatic rings. The standard InChI is InChI=1S/C10H20ClN/c1-3-9(4-2)7-12-10(8-11)5-6-10/h9,12H,3-8H2,1-2H3. The third-order valence-corrected chi connectivity index (χ3v) is 3.54. The monoisotopic (exact) mass is 189 g/mol. The van der Waals surface area contributed by atoms with E-state index < -0.39 is 0 Å². The van der Waals surface area contributed by atoms with Crippen molar-refractivity contribution in [1.29, 1.82) is 0 Å². The van der Waals surface area contributed by atoms with Gasteiger partial charge in [0.1, 0.15) is 0 Å². The highest BCUT2D eigenvalue weighted by atomic mass is 35.5. The summed E-state index contributed by atoms with van der Waals surface area (Å²) in [5.41, 5.74) is 0.337. The number of hydrogen-bond donors (Lipinski definition) is 1. The average molecular weight is 190 g/mol. The lowest BCUT2D eigenvalue weighted by atomic mass is 10.0. The van der Waals surface area contributed by atoms with Crippen LogP contribution in [0.2, 0.25) is 0 Å². The molecule has 0 aromatic rings. The molecule has 1 aliphatic carbocycles. The van der Waals surface area contributed by atoms with Crippen LogP contribution in [0, 0.1) is 5.92 Å². The van der Waals surface area contributed by atoms with Crippen molar-refractivity contribution in [2.45, 2.75) is 45.1 Å². The maximum Gasteiger partial charge on any atom is 0.0406 e. The fourth-order valence-electron chi connectivity index (χ4n) is 1.45. The highest BCUT2D eigenvalue weighted by molar-refractivity contribution is 6.18. The molecular weight excluding hydrogens is 170 g/mol. The van der Waals surface area contributed by atoms with E-state index in [0.29, 0.717) is 5.54 Å². The van der Waals surface area contributed by atoms with Gasteiger partial charge >= 0.3 is 0 Å². The van der Waals surface area contributed by atoms with Crippen molar-refractivity contribution in [1.82, 2.24) is 5.32 Å². The Morgan fingerprint density at radius 2 is 1.92 bits per heavy atom. The van der Waals surface area contributed by atoms with Crippen LogP contribution in [0.4, 0.5) is 0 Å². The maximum atomic E-state index is 5.86. The molecular formula is C10H20ClN. The largest absolute Gasteiger partial charge is 0.310 e. The van der Waals surface area contributed by atoms with E-state index in [9.17, 15) is 0 Å². The maximum absolute atomic E-state index is 5.86. The first kappa shape index (κ1) is 10.3. The van der Waals surface area contributed by atoms with Crippen LogP contribution < -0.4 is 5.32 Å². The molecule has 1 N–H and O–H groups in total. The Hall–Kier alpha value is 0.250. The number of hydrogen-bond acceptors (Lipinski definition) is 1. The molecule has 0 heterocycles. The zero-order valence-corrected chi connectivity index (χ0v) is 8.95. The minimum atomic E-state index is 0.337. The third kappa shape index (κ3) is 2.63. The summed E-state index contributed by atoms with van der Waals surface area (Å²) in [4.78, 5) is 0. The highest BCUT2D eigenvalue weighted by Crippen LogP contribution is 2.36. The molecule has 72 valence electrons. The lowest BCUT2D eigenvalue weighted by molar-refractivity contribution is 0.411. The first-order valence-electron chi connectivity index (χ1n) is 5.07. The Kier molecular flexibility index (Phi) is 3.85. The van der Waals surface area contributed by atoms with Gasteiger partial charge in [-0.25, -0.2) is 0 Å². The summed E-state index contributed by atoms with van der Waals surface area (Å²) in [7, 11) is 0. The molecule has 0 amide bonds. The van der Waals surface area contributed by atoms with Crippen LogP contribution in [0.25, 0.3) is 0 Å². The van der Waals surface area contributed by atoms with E-state index in [0.717, 1.165) is 18.3 Å². The number of halogens is 1. The summed E-state index contributed by atoms with van der Waals surface area (Å²) < 4.78 is 0. The van der Waals surface area contributed by atoms with Gasteiger partial charge in [0.05, 0.1) is 0 Å². The normalized spacial score (nSPS) is 20.0. The molecule has 0 atom stereocenters. The molecule has 0 aromatic heterocycles. The summed E-state index contributed by atoms with van der Waals surface area (Å²) in [6.45, 7) is 5.67. The van der Waals surface area contributed by atoms with Crippen molar-refractivity contribution in [3.63, 3.8) is 0 Å². The summed E-state index contributed by atoms with van der Waals surface area (Å²) in [5, 5.41) is 3.59. The molecule has 12 heavy (non-hydrogen) atoms. The lowest BCUT2D eigenvalue weighted by Gasteiger charge is -2.18. The van der Waals surface area contributed by atoms with Crippen molar-refractivity contribution in [3.05, 3.63) is 0 Å². The van der Waals surface area contributed by atoms with Gasteiger partial charge in [0.15, 0.2) is 0 Å². The average Bonchev–Trinajstić information content (AvgIpc) is 2.87. The minimum absolute atomic E-state index is 0.337. The van der Waals surface area contributed by atoms with Crippen LogP contribution in [-0.4, -0.2) is 18.0 Å². The highest BCUT2D eigenvalue weighted by Gasteiger charge is 2.41. The summed E-state index contributed by atoms with van der Waals surface area (Å²) >= 11 is 5.86. The van der Waals surface area contributed by atoms with E-state index >= 15 is 0 Å². The van der Waals surface area contributed by atoms with E-state index in [1.807, 2.05) is 0 Å². The second-order valence-corrected chi connectivity index (χ2v) is 4.24. The molecule has 1 saturated carbocycles. The smallest absolute Gasteiger partial charge is 0.0406 e. The molecule has 1 nitrogen and oxygen atoms in total. The zero-order chi connectivity index (χ0) is 9.03. The van der Waals surface area contributed by atoms with Gasteiger partial charge in [-0.1, -0.05) is 26.7 Å². The van der Waals surface area contributed by atoms with Gasteiger partial charge in [-0.05, 0) is 25.3 Å². The molecule has 0 aromatic carbocycles. The molecule has 0 aliphatic heterocycles. The molecule has 0 spiro atoms. The van der Waals surface area contributed by atoms with Gasteiger partial charge in [0.25, 0.3) is 0 Å². The van der Waals surface area contributed by atoms with Gasteiger partial charge in [-0.3, -0.25) is 0 Å². The van der Waals surface area contributed by atoms with E-state index in [1.165, 1.54) is 25.7 Å². The Morgan fingerprint density at radius 3 is 2.25 bits per heavy atom. The lowest BCUT2D eigenvalue weighted by Crippen LogP contribution is -2.36. The second-order valence-electron chi connectivity index (χ2n) is 3.98. The SMILES string of the molecule is CCC(CC)CNC1(CCl)CC1. The Balaban J connectivity index is 2.15. The predicted octanol–water partition coefficient (Wildman–Crippen LogP) is 2.78. The van der Waals surface area contributed by atoms with Crippen molar-refractivity contribution < 1.29 is 0 Å².